The van der Waals surface area contributed by atoms with Crippen LogP contribution in [-0.2, 0) is 25.7 Å². The molecule has 178 valence electrons. The fourth-order valence-corrected chi connectivity index (χ4v) is 4.55. The third-order valence-electron chi connectivity index (χ3n) is 4.78. The number of anilines is 1. The van der Waals surface area contributed by atoms with Crippen molar-refractivity contribution in [3.8, 4) is 5.75 Å². The Hall–Kier alpha value is -2.89. The van der Waals surface area contributed by atoms with Crippen LogP contribution in [-0.4, -0.2) is 51.5 Å². The zero-order valence-electron chi connectivity index (χ0n) is 17.8. The van der Waals surface area contributed by atoms with Gasteiger partial charge in [0.25, 0.3) is 0 Å². The molecule has 1 aliphatic heterocycles. The highest BCUT2D eigenvalue weighted by Crippen LogP contribution is 2.30. The number of benzene rings is 2. The molecule has 1 heterocycles. The number of carbonyl (C=O) groups is 1. The van der Waals surface area contributed by atoms with Crippen molar-refractivity contribution in [3.63, 3.8) is 0 Å². The summed E-state index contributed by atoms with van der Waals surface area (Å²) < 4.78 is 75.8. The molecule has 0 aromatic heterocycles. The Labute approximate surface area is 189 Å². The first-order valence-electron chi connectivity index (χ1n) is 10.1. The average molecular weight is 484 g/mol. The largest absolute Gasteiger partial charge is 0.492 e. The molecule has 1 N–H and O–H groups in total. The third-order valence-corrected chi connectivity index (χ3v) is 6.68. The molecule has 0 spiro atoms. The molecule has 7 nitrogen and oxygen atoms in total. The molecular weight excluding hydrogens is 461 g/mol. The van der Waals surface area contributed by atoms with E-state index in [0.29, 0.717) is 25.4 Å². The molecule has 0 unspecified atom stereocenters. The maximum atomic E-state index is 12.9. The summed E-state index contributed by atoms with van der Waals surface area (Å²) in [5, 5.41) is 2.58. The minimum atomic E-state index is -4.44. The van der Waals surface area contributed by atoms with Gasteiger partial charge in [0.2, 0.25) is 15.9 Å². The first kappa shape index (κ1) is 24.7. The van der Waals surface area contributed by atoms with Crippen LogP contribution in [0.4, 0.5) is 18.9 Å². The fraction of sp³-hybridized carbons (Fsp3) is 0.318. The van der Waals surface area contributed by atoms with Gasteiger partial charge < -0.3 is 14.8 Å². The van der Waals surface area contributed by atoms with Gasteiger partial charge in [0.05, 0.1) is 36.0 Å². The van der Waals surface area contributed by atoms with E-state index in [1.807, 2.05) is 0 Å². The maximum Gasteiger partial charge on any atom is 0.416 e. The Balaban J connectivity index is 1.78. The van der Waals surface area contributed by atoms with Gasteiger partial charge in [0.1, 0.15) is 5.75 Å². The Morgan fingerprint density at radius 3 is 2.42 bits per heavy atom. The van der Waals surface area contributed by atoms with Gasteiger partial charge in [-0.1, -0.05) is 12.1 Å². The van der Waals surface area contributed by atoms with Gasteiger partial charge >= 0.3 is 6.18 Å². The van der Waals surface area contributed by atoms with Gasteiger partial charge in [-0.05, 0) is 48.9 Å². The third kappa shape index (κ3) is 6.34. The van der Waals surface area contributed by atoms with E-state index in [2.05, 4.69) is 5.32 Å². The Morgan fingerprint density at radius 2 is 1.82 bits per heavy atom. The Kier molecular flexibility index (Phi) is 7.77. The van der Waals surface area contributed by atoms with Crippen molar-refractivity contribution in [2.75, 3.05) is 38.2 Å². The van der Waals surface area contributed by atoms with Crippen LogP contribution in [0.1, 0.15) is 18.1 Å². The van der Waals surface area contributed by atoms with E-state index in [4.69, 9.17) is 9.47 Å². The number of amides is 1. The van der Waals surface area contributed by atoms with E-state index < -0.39 is 27.7 Å². The minimum absolute atomic E-state index is 0.00475. The van der Waals surface area contributed by atoms with E-state index >= 15 is 0 Å². The number of nitrogens with one attached hydrogen (secondary N) is 1. The SMILES string of the molecule is CCOc1ccc(S(=O)(=O)N2CCOCC2)cc1NC(=O)/C=C/c1ccc(C(F)(F)F)cc1. The number of rotatable bonds is 7. The molecule has 0 radical (unpaired) electrons. The van der Waals surface area contributed by atoms with E-state index in [0.717, 1.165) is 18.2 Å². The van der Waals surface area contributed by atoms with Crippen molar-refractivity contribution >= 4 is 27.7 Å². The number of nitrogens with zero attached hydrogens (tertiary/aromatic N) is 1. The lowest BCUT2D eigenvalue weighted by Crippen LogP contribution is -2.40. The summed E-state index contributed by atoms with van der Waals surface area (Å²) in [6.07, 6.45) is -1.95. The van der Waals surface area contributed by atoms with Crippen molar-refractivity contribution < 1.29 is 35.9 Å². The molecule has 0 bridgehead atoms. The van der Waals surface area contributed by atoms with Gasteiger partial charge in [-0.25, -0.2) is 8.42 Å². The summed E-state index contributed by atoms with van der Waals surface area (Å²) in [7, 11) is -3.79. The molecule has 0 atom stereocenters. The molecule has 1 saturated heterocycles. The second-order valence-electron chi connectivity index (χ2n) is 7.05. The number of morpholine rings is 1. The van der Waals surface area contributed by atoms with E-state index in [1.54, 1.807) is 6.92 Å². The molecule has 33 heavy (non-hydrogen) atoms. The van der Waals surface area contributed by atoms with Crippen molar-refractivity contribution in [2.24, 2.45) is 0 Å². The molecule has 1 fully saturated rings. The smallest absolute Gasteiger partial charge is 0.416 e. The van der Waals surface area contributed by atoms with Crippen LogP contribution < -0.4 is 10.1 Å². The molecule has 2 aromatic rings. The van der Waals surface area contributed by atoms with Crippen LogP contribution in [0, 0.1) is 0 Å². The average Bonchev–Trinajstić information content (AvgIpc) is 2.79. The van der Waals surface area contributed by atoms with Gasteiger partial charge in [-0.15, -0.1) is 0 Å². The summed E-state index contributed by atoms with van der Waals surface area (Å²) in [6.45, 7) is 3.09. The van der Waals surface area contributed by atoms with Crippen LogP contribution in [0.25, 0.3) is 6.08 Å². The summed E-state index contributed by atoms with van der Waals surface area (Å²) in [5.74, 6) is -0.313. The van der Waals surface area contributed by atoms with Crippen molar-refractivity contribution in [3.05, 3.63) is 59.7 Å². The molecule has 11 heteroatoms. The highest BCUT2D eigenvalue weighted by Gasteiger charge is 2.30. The Bertz CT molecular complexity index is 1110. The molecule has 2 aromatic carbocycles. The van der Waals surface area contributed by atoms with Crippen LogP contribution in [0.3, 0.4) is 0 Å². The van der Waals surface area contributed by atoms with Gasteiger partial charge in [-0.3, -0.25) is 4.79 Å². The number of halogens is 3. The Morgan fingerprint density at radius 1 is 1.15 bits per heavy atom. The number of alkyl halides is 3. The van der Waals surface area contributed by atoms with Crippen LogP contribution in [0.2, 0.25) is 0 Å². The number of carbonyl (C=O) groups excluding carboxylic acids is 1. The molecule has 1 amide bonds. The molecule has 1 aliphatic rings. The summed E-state index contributed by atoms with van der Waals surface area (Å²) in [6, 6.07) is 8.52. The van der Waals surface area contributed by atoms with E-state index in [1.165, 1.54) is 40.7 Å². The number of sulfonamides is 1. The summed E-state index contributed by atoms with van der Waals surface area (Å²) >= 11 is 0. The standard InChI is InChI=1S/C22H23F3N2O5S/c1-2-32-20-9-8-18(33(29,30)27-11-13-31-14-12-27)15-19(20)26-21(28)10-5-16-3-6-17(7-4-16)22(23,24)25/h3-10,15H,2,11-14H2,1H3,(H,26,28)/b10-5+. The van der Waals surface area contributed by atoms with Crippen molar-refractivity contribution in [1.82, 2.24) is 4.31 Å². The van der Waals surface area contributed by atoms with Gasteiger partial charge in [0.15, 0.2) is 0 Å². The zero-order valence-corrected chi connectivity index (χ0v) is 18.6. The number of ether oxygens (including phenoxy) is 2. The number of hydrogen-bond acceptors (Lipinski definition) is 5. The topological polar surface area (TPSA) is 84.9 Å². The lowest BCUT2D eigenvalue weighted by molar-refractivity contribution is -0.137. The molecular formula is C22H23F3N2O5S. The van der Waals surface area contributed by atoms with Crippen LogP contribution in [0.15, 0.2) is 53.4 Å². The zero-order chi connectivity index (χ0) is 24.1. The normalized spacial score (nSPS) is 15.5. The fourth-order valence-electron chi connectivity index (χ4n) is 3.11. The van der Waals surface area contributed by atoms with Gasteiger partial charge in [0, 0.05) is 19.2 Å². The first-order chi connectivity index (χ1) is 15.6. The summed E-state index contributed by atoms with van der Waals surface area (Å²) in [4.78, 5) is 12.4. The predicted molar refractivity (Wildman–Crippen MR) is 116 cm³/mol. The summed E-state index contributed by atoms with van der Waals surface area (Å²) in [5.41, 5.74) is -0.233. The molecule has 0 aliphatic carbocycles. The van der Waals surface area contributed by atoms with E-state index in [9.17, 15) is 26.4 Å². The lowest BCUT2D eigenvalue weighted by Gasteiger charge is -2.26. The van der Waals surface area contributed by atoms with E-state index in [-0.39, 0.29) is 29.4 Å². The molecule has 3 rings (SSSR count). The second-order valence-corrected chi connectivity index (χ2v) is 8.99. The predicted octanol–water partition coefficient (Wildman–Crippen LogP) is 3.78. The second kappa shape index (κ2) is 10.4. The minimum Gasteiger partial charge on any atom is -0.492 e. The number of hydrogen-bond donors (Lipinski definition) is 1. The monoisotopic (exact) mass is 484 g/mol. The highest BCUT2D eigenvalue weighted by molar-refractivity contribution is 7.89. The quantitative estimate of drug-likeness (QED) is 0.605. The van der Waals surface area contributed by atoms with Crippen LogP contribution in [0.5, 0.6) is 5.75 Å². The molecule has 0 saturated carbocycles. The highest BCUT2D eigenvalue weighted by atomic mass is 32.2. The van der Waals surface area contributed by atoms with Gasteiger partial charge in [-0.2, -0.15) is 17.5 Å². The van der Waals surface area contributed by atoms with Crippen LogP contribution >= 0.6 is 0 Å². The first-order valence-corrected chi connectivity index (χ1v) is 11.6. The maximum absolute atomic E-state index is 12.9. The van der Waals surface area contributed by atoms with Crippen molar-refractivity contribution in [2.45, 2.75) is 18.0 Å². The lowest BCUT2D eigenvalue weighted by atomic mass is 10.1. The van der Waals surface area contributed by atoms with Crippen molar-refractivity contribution in [1.29, 1.82) is 0 Å².